The van der Waals surface area contributed by atoms with Gasteiger partial charge in [-0.3, -0.25) is 4.79 Å². The lowest BCUT2D eigenvalue weighted by Gasteiger charge is -2.05. The van der Waals surface area contributed by atoms with Crippen molar-refractivity contribution in [3.8, 4) is 0 Å². The van der Waals surface area contributed by atoms with Gasteiger partial charge in [-0.1, -0.05) is 38.5 Å². The molecule has 0 heterocycles. The zero-order valence-electron chi connectivity index (χ0n) is 8.34. The van der Waals surface area contributed by atoms with Gasteiger partial charge in [-0.15, -0.1) is 17.0 Å². The van der Waals surface area contributed by atoms with Crippen LogP contribution in [0.3, 0.4) is 0 Å². The minimum Gasteiger partial charge on any atom is -0.358 e. The molecule has 3 N–H and O–H groups in total. The van der Waals surface area contributed by atoms with Crippen LogP contribution in [0.2, 0.25) is 0 Å². The number of rotatable bonds is 1. The van der Waals surface area contributed by atoms with Gasteiger partial charge in [0, 0.05) is 7.05 Å². The maximum Gasteiger partial charge on any atom is 0.233 e. The molecule has 0 aromatic carbocycles. The van der Waals surface area contributed by atoms with Gasteiger partial charge in [0.1, 0.15) is 0 Å². The van der Waals surface area contributed by atoms with Crippen molar-refractivity contribution in [2.45, 2.75) is 38.5 Å². The summed E-state index contributed by atoms with van der Waals surface area (Å²) in [6.45, 7) is 0.0799. The molecule has 1 saturated carbocycles. The van der Waals surface area contributed by atoms with Crippen LogP contribution in [0.25, 0.3) is 0 Å². The van der Waals surface area contributed by atoms with Gasteiger partial charge in [0.25, 0.3) is 0 Å². The van der Waals surface area contributed by atoms with Crippen molar-refractivity contribution in [2.75, 3.05) is 13.6 Å². The van der Waals surface area contributed by atoms with Gasteiger partial charge in [-0.05, 0) is 0 Å². The van der Waals surface area contributed by atoms with E-state index in [1.54, 1.807) is 7.05 Å². The van der Waals surface area contributed by atoms with Crippen LogP contribution < -0.4 is 11.1 Å². The quantitative estimate of drug-likeness (QED) is 0.746. The fourth-order valence-corrected chi connectivity index (χ4v) is 1.16. The van der Waals surface area contributed by atoms with E-state index in [0.29, 0.717) is 0 Å². The first-order valence-corrected chi connectivity index (χ1v) is 4.72. The molecule has 0 radical (unpaired) electrons. The van der Waals surface area contributed by atoms with Crippen molar-refractivity contribution in [2.24, 2.45) is 5.73 Å². The molecule has 0 aromatic heterocycles. The lowest BCUT2D eigenvalue weighted by Crippen LogP contribution is -2.26. The second kappa shape index (κ2) is 11.9. The molecule has 0 aromatic rings. The number of nitrogens with one attached hydrogen (secondary N) is 1. The number of amides is 1. The van der Waals surface area contributed by atoms with E-state index in [-0.39, 0.29) is 29.4 Å². The molecule has 3 nitrogen and oxygen atoms in total. The molecular formula is C9H21BrN2O. The summed E-state index contributed by atoms with van der Waals surface area (Å²) in [5, 5.41) is 2.35. The summed E-state index contributed by atoms with van der Waals surface area (Å²) in [6.07, 6.45) is 9.00. The molecule has 1 amide bonds. The Bertz CT molecular complexity index is 98.7. The Morgan fingerprint density at radius 1 is 1.15 bits per heavy atom. The van der Waals surface area contributed by atoms with Crippen molar-refractivity contribution in [3.63, 3.8) is 0 Å². The highest BCUT2D eigenvalue weighted by molar-refractivity contribution is 8.93. The maximum absolute atomic E-state index is 9.94. The van der Waals surface area contributed by atoms with Crippen LogP contribution in [0, 0.1) is 0 Å². The Kier molecular flexibility index (Phi) is 14.1. The van der Waals surface area contributed by atoms with E-state index in [9.17, 15) is 4.79 Å². The first-order chi connectivity index (χ1) is 5.81. The van der Waals surface area contributed by atoms with Gasteiger partial charge in [0.05, 0.1) is 6.54 Å². The smallest absolute Gasteiger partial charge is 0.233 e. The number of nitrogens with two attached hydrogens (primary N) is 1. The predicted octanol–water partition coefficient (Wildman–Crippen LogP) is 1.61. The standard InChI is InChI=1S/C6H12.C3H8N2O.BrH/c1-2-4-6-5-3-1;1-5-3(6)2-4;/h1-6H2;2,4H2,1H3,(H,5,6);1H. The summed E-state index contributed by atoms with van der Waals surface area (Å²) in [6, 6.07) is 0. The van der Waals surface area contributed by atoms with E-state index in [1.807, 2.05) is 0 Å². The Hall–Kier alpha value is -0.0900. The first kappa shape index (κ1) is 15.4. The molecule has 0 spiro atoms. The van der Waals surface area contributed by atoms with Crippen LogP contribution in [-0.4, -0.2) is 19.5 Å². The third kappa shape index (κ3) is 11.9. The third-order valence-electron chi connectivity index (χ3n) is 1.96. The van der Waals surface area contributed by atoms with Crippen LogP contribution in [-0.2, 0) is 4.79 Å². The van der Waals surface area contributed by atoms with E-state index < -0.39 is 0 Å². The second-order valence-electron chi connectivity index (χ2n) is 3.00. The summed E-state index contributed by atoms with van der Waals surface area (Å²) < 4.78 is 0. The normalized spacial score (nSPS) is 14.6. The van der Waals surface area contributed by atoms with Gasteiger partial charge in [-0.25, -0.2) is 0 Å². The Labute approximate surface area is 91.2 Å². The molecule has 13 heavy (non-hydrogen) atoms. The highest BCUT2D eigenvalue weighted by Crippen LogP contribution is 2.15. The Morgan fingerprint density at radius 2 is 1.46 bits per heavy atom. The molecule has 0 atom stereocenters. The van der Waals surface area contributed by atoms with Crippen LogP contribution in [0.4, 0.5) is 0 Å². The van der Waals surface area contributed by atoms with Crippen LogP contribution in [0.15, 0.2) is 0 Å². The Morgan fingerprint density at radius 3 is 1.54 bits per heavy atom. The van der Waals surface area contributed by atoms with Crippen molar-refractivity contribution in [1.29, 1.82) is 0 Å². The average molecular weight is 253 g/mol. The minimum absolute atomic E-state index is 0. The minimum atomic E-state index is -0.130. The largest absolute Gasteiger partial charge is 0.358 e. The van der Waals surface area contributed by atoms with Crippen molar-refractivity contribution >= 4 is 22.9 Å². The zero-order chi connectivity index (χ0) is 9.23. The van der Waals surface area contributed by atoms with E-state index in [0.717, 1.165) is 0 Å². The van der Waals surface area contributed by atoms with Gasteiger partial charge in [0.15, 0.2) is 0 Å². The van der Waals surface area contributed by atoms with Crippen molar-refractivity contribution < 1.29 is 4.79 Å². The summed E-state index contributed by atoms with van der Waals surface area (Å²) in [7, 11) is 1.55. The lowest BCUT2D eigenvalue weighted by molar-refractivity contribution is -0.119. The topological polar surface area (TPSA) is 55.1 Å². The summed E-state index contributed by atoms with van der Waals surface area (Å²) >= 11 is 0. The number of hydrogen-bond acceptors (Lipinski definition) is 2. The molecule has 0 unspecified atom stereocenters. The molecular weight excluding hydrogens is 232 g/mol. The highest BCUT2D eigenvalue weighted by Gasteiger charge is 1.95. The zero-order valence-corrected chi connectivity index (χ0v) is 10.1. The van der Waals surface area contributed by atoms with Crippen molar-refractivity contribution in [3.05, 3.63) is 0 Å². The van der Waals surface area contributed by atoms with E-state index in [1.165, 1.54) is 38.5 Å². The number of carbonyl (C=O) groups is 1. The van der Waals surface area contributed by atoms with Gasteiger partial charge < -0.3 is 11.1 Å². The second-order valence-corrected chi connectivity index (χ2v) is 3.00. The SMILES string of the molecule is Br.C1CCCCC1.CNC(=O)CN. The van der Waals surface area contributed by atoms with Crippen LogP contribution >= 0.6 is 17.0 Å². The molecule has 4 heteroatoms. The molecule has 1 fully saturated rings. The number of likely N-dealkylation sites (N-methyl/N-ethyl adjacent to an activating group) is 1. The molecule has 0 saturated heterocycles. The molecule has 1 aliphatic rings. The van der Waals surface area contributed by atoms with Gasteiger partial charge >= 0.3 is 0 Å². The molecule has 1 aliphatic carbocycles. The van der Waals surface area contributed by atoms with E-state index in [2.05, 4.69) is 5.32 Å². The molecule has 1 rings (SSSR count). The maximum atomic E-state index is 9.94. The number of halogens is 1. The van der Waals surface area contributed by atoms with Gasteiger partial charge in [-0.2, -0.15) is 0 Å². The monoisotopic (exact) mass is 252 g/mol. The fraction of sp³-hybridized carbons (Fsp3) is 0.889. The summed E-state index contributed by atoms with van der Waals surface area (Å²) in [5.41, 5.74) is 4.87. The Balaban J connectivity index is 0. The number of carbonyl (C=O) groups excluding carboxylic acids is 1. The van der Waals surface area contributed by atoms with Crippen LogP contribution in [0.5, 0.6) is 0 Å². The lowest BCUT2D eigenvalue weighted by atomic mass is 10.0. The third-order valence-corrected chi connectivity index (χ3v) is 1.96. The highest BCUT2D eigenvalue weighted by atomic mass is 79.9. The van der Waals surface area contributed by atoms with Gasteiger partial charge in [0.2, 0.25) is 5.91 Å². The van der Waals surface area contributed by atoms with Crippen molar-refractivity contribution in [1.82, 2.24) is 5.32 Å². The van der Waals surface area contributed by atoms with E-state index >= 15 is 0 Å². The average Bonchev–Trinajstić information content (AvgIpc) is 2.20. The van der Waals surface area contributed by atoms with E-state index in [4.69, 9.17) is 5.73 Å². The van der Waals surface area contributed by atoms with Crippen LogP contribution in [0.1, 0.15) is 38.5 Å². The summed E-state index contributed by atoms with van der Waals surface area (Å²) in [4.78, 5) is 9.94. The molecule has 80 valence electrons. The fourth-order valence-electron chi connectivity index (χ4n) is 1.16. The molecule has 0 bridgehead atoms. The summed E-state index contributed by atoms with van der Waals surface area (Å²) in [5.74, 6) is -0.130. The predicted molar refractivity (Wildman–Crippen MR) is 61.1 cm³/mol. The number of hydrogen-bond donors (Lipinski definition) is 2. The molecule has 0 aliphatic heterocycles. The first-order valence-electron chi connectivity index (χ1n) is 4.72.